The number of benzene rings is 3. The Morgan fingerprint density at radius 3 is 2.41 bits per heavy atom. The SMILES string of the molecule is CCCCCCCCN1C(=O)C(=Cc2cn(-c3ccccc3)nc2-c2cccc(OCc3ccccc3)c2)SC1=S. The Kier molecular flexibility index (Phi) is 10.0. The van der Waals surface area contributed by atoms with Gasteiger partial charge in [0.15, 0.2) is 0 Å². The van der Waals surface area contributed by atoms with E-state index in [2.05, 4.69) is 6.92 Å². The molecule has 7 heteroatoms. The van der Waals surface area contributed by atoms with E-state index < -0.39 is 0 Å². The van der Waals surface area contributed by atoms with Gasteiger partial charge in [-0.05, 0) is 42.3 Å². The quantitative estimate of drug-likeness (QED) is 0.0898. The highest BCUT2D eigenvalue weighted by atomic mass is 32.2. The van der Waals surface area contributed by atoms with Crippen LogP contribution in [0.4, 0.5) is 0 Å². The summed E-state index contributed by atoms with van der Waals surface area (Å²) in [4.78, 5) is 15.8. The number of aromatic nitrogens is 2. The fourth-order valence-electron chi connectivity index (χ4n) is 4.79. The van der Waals surface area contributed by atoms with E-state index in [1.165, 1.54) is 37.4 Å². The van der Waals surface area contributed by atoms with Gasteiger partial charge in [-0.3, -0.25) is 9.69 Å². The largest absolute Gasteiger partial charge is 0.489 e. The lowest BCUT2D eigenvalue weighted by atomic mass is 10.1. The van der Waals surface area contributed by atoms with Gasteiger partial charge in [0.2, 0.25) is 0 Å². The molecule has 1 fully saturated rings. The minimum Gasteiger partial charge on any atom is -0.489 e. The molecule has 0 aliphatic carbocycles. The molecule has 1 saturated heterocycles. The van der Waals surface area contributed by atoms with E-state index in [9.17, 15) is 4.79 Å². The van der Waals surface area contributed by atoms with Crippen LogP contribution in [0.3, 0.4) is 0 Å². The smallest absolute Gasteiger partial charge is 0.266 e. The average Bonchev–Trinajstić information content (AvgIpc) is 3.55. The van der Waals surface area contributed by atoms with E-state index in [0.29, 0.717) is 22.4 Å². The first-order valence-corrected chi connectivity index (χ1v) is 15.5. The summed E-state index contributed by atoms with van der Waals surface area (Å²) in [5.41, 5.74) is 4.60. The van der Waals surface area contributed by atoms with Crippen LogP contribution in [0.15, 0.2) is 96.0 Å². The molecule has 0 spiro atoms. The number of thiocarbonyl (C=S) groups is 1. The van der Waals surface area contributed by atoms with Gasteiger partial charge in [0, 0.05) is 23.9 Å². The van der Waals surface area contributed by atoms with Crippen LogP contribution in [0.25, 0.3) is 23.0 Å². The molecule has 0 atom stereocenters. The Labute approximate surface area is 252 Å². The number of para-hydroxylation sites is 1. The number of hydrogen-bond donors (Lipinski definition) is 0. The van der Waals surface area contributed by atoms with Crippen molar-refractivity contribution in [3.63, 3.8) is 0 Å². The standard InChI is InChI=1S/C34H35N3O2S2/c1-2-3-4-5-6-13-21-36-33(38)31(41-34(36)40)23-28-24-37(29-18-11-8-12-19-29)35-32(28)27-17-14-20-30(22-27)39-25-26-15-9-7-10-16-26/h7-12,14-20,22-24H,2-6,13,21,25H2,1H3. The Hall–Kier alpha value is -3.68. The second-order valence-corrected chi connectivity index (χ2v) is 11.8. The molecule has 0 bridgehead atoms. The van der Waals surface area contributed by atoms with Gasteiger partial charge in [-0.2, -0.15) is 5.10 Å². The number of carbonyl (C=O) groups is 1. The van der Waals surface area contributed by atoms with Gasteiger partial charge in [0.25, 0.3) is 5.91 Å². The minimum absolute atomic E-state index is 0.0214. The van der Waals surface area contributed by atoms with Gasteiger partial charge < -0.3 is 4.74 Å². The fraction of sp³-hybridized carbons (Fsp3) is 0.265. The van der Waals surface area contributed by atoms with Crippen LogP contribution >= 0.6 is 24.0 Å². The van der Waals surface area contributed by atoms with Gasteiger partial charge >= 0.3 is 0 Å². The van der Waals surface area contributed by atoms with Crippen LogP contribution in [0.2, 0.25) is 0 Å². The number of nitrogens with zero attached hydrogens (tertiary/aromatic N) is 3. The van der Waals surface area contributed by atoms with Crippen LogP contribution in [-0.4, -0.2) is 31.5 Å². The number of rotatable bonds is 13. The highest BCUT2D eigenvalue weighted by Gasteiger charge is 2.32. The molecule has 0 N–H and O–H groups in total. The number of hydrogen-bond acceptors (Lipinski definition) is 5. The first-order chi connectivity index (χ1) is 20.1. The highest BCUT2D eigenvalue weighted by Crippen LogP contribution is 2.35. The van der Waals surface area contributed by atoms with Gasteiger partial charge in [-0.1, -0.05) is 124 Å². The van der Waals surface area contributed by atoms with Crippen molar-refractivity contribution in [2.45, 2.75) is 52.1 Å². The van der Waals surface area contributed by atoms with Crippen LogP contribution < -0.4 is 4.74 Å². The zero-order valence-electron chi connectivity index (χ0n) is 23.4. The van der Waals surface area contributed by atoms with E-state index in [-0.39, 0.29) is 5.91 Å². The Bertz CT molecular complexity index is 1500. The Morgan fingerprint density at radius 2 is 1.63 bits per heavy atom. The molecule has 41 heavy (non-hydrogen) atoms. The number of ether oxygens (including phenoxy) is 1. The molecule has 3 aromatic carbocycles. The number of carbonyl (C=O) groups excluding carboxylic acids is 1. The number of amides is 1. The first-order valence-electron chi connectivity index (χ1n) is 14.3. The van der Waals surface area contributed by atoms with Crippen molar-refractivity contribution >= 4 is 40.3 Å². The zero-order valence-corrected chi connectivity index (χ0v) is 25.0. The molecule has 0 saturated carbocycles. The van der Waals surface area contributed by atoms with Crippen molar-refractivity contribution in [1.82, 2.24) is 14.7 Å². The third kappa shape index (κ3) is 7.54. The first kappa shape index (κ1) is 28.8. The summed E-state index contributed by atoms with van der Waals surface area (Å²) in [5, 5.41) is 4.95. The monoisotopic (exact) mass is 581 g/mol. The summed E-state index contributed by atoms with van der Waals surface area (Å²) >= 11 is 6.99. The molecule has 4 aromatic rings. The lowest BCUT2D eigenvalue weighted by Gasteiger charge is -2.14. The predicted molar refractivity (Wildman–Crippen MR) is 173 cm³/mol. The highest BCUT2D eigenvalue weighted by molar-refractivity contribution is 8.26. The van der Waals surface area contributed by atoms with Crippen molar-refractivity contribution in [3.05, 3.63) is 107 Å². The van der Waals surface area contributed by atoms with E-state index in [1.54, 1.807) is 4.90 Å². The topological polar surface area (TPSA) is 47.4 Å². The van der Waals surface area contributed by atoms with Gasteiger partial charge in [-0.15, -0.1) is 0 Å². The lowest BCUT2D eigenvalue weighted by molar-refractivity contribution is -0.122. The normalized spacial score (nSPS) is 14.3. The number of thioether (sulfide) groups is 1. The van der Waals surface area contributed by atoms with Gasteiger partial charge in [0.1, 0.15) is 22.4 Å². The van der Waals surface area contributed by atoms with Crippen molar-refractivity contribution < 1.29 is 9.53 Å². The van der Waals surface area contributed by atoms with Crippen molar-refractivity contribution in [3.8, 4) is 22.7 Å². The lowest BCUT2D eigenvalue weighted by Crippen LogP contribution is -2.29. The third-order valence-corrected chi connectivity index (χ3v) is 8.39. The molecule has 0 unspecified atom stereocenters. The van der Waals surface area contributed by atoms with Crippen molar-refractivity contribution in [1.29, 1.82) is 0 Å². The van der Waals surface area contributed by atoms with E-state index in [4.69, 9.17) is 22.1 Å². The molecule has 1 aliphatic rings. The van der Waals surface area contributed by atoms with Crippen molar-refractivity contribution in [2.24, 2.45) is 0 Å². The summed E-state index contributed by atoms with van der Waals surface area (Å²) in [5.74, 6) is 0.740. The van der Waals surface area contributed by atoms with Crippen LogP contribution in [-0.2, 0) is 11.4 Å². The molecule has 210 valence electrons. The second kappa shape index (κ2) is 14.3. The predicted octanol–water partition coefficient (Wildman–Crippen LogP) is 8.68. The maximum absolute atomic E-state index is 13.4. The molecule has 1 aromatic heterocycles. The number of unbranched alkanes of at least 4 members (excludes halogenated alkanes) is 5. The minimum atomic E-state index is -0.0214. The van der Waals surface area contributed by atoms with Crippen LogP contribution in [0.5, 0.6) is 5.75 Å². The Balaban J connectivity index is 1.39. The van der Waals surface area contributed by atoms with E-state index >= 15 is 0 Å². The summed E-state index contributed by atoms with van der Waals surface area (Å²) in [6.45, 7) is 3.37. The summed E-state index contributed by atoms with van der Waals surface area (Å²) < 4.78 is 8.59. The van der Waals surface area contributed by atoms with E-state index in [0.717, 1.165) is 46.7 Å². The van der Waals surface area contributed by atoms with Crippen molar-refractivity contribution in [2.75, 3.05) is 6.54 Å². The average molecular weight is 582 g/mol. The summed E-state index contributed by atoms with van der Waals surface area (Å²) in [6.07, 6.45) is 10.9. The molecule has 1 amide bonds. The zero-order chi connectivity index (χ0) is 28.4. The molecular weight excluding hydrogens is 547 g/mol. The third-order valence-electron chi connectivity index (χ3n) is 7.01. The molecule has 5 nitrogen and oxygen atoms in total. The summed E-state index contributed by atoms with van der Waals surface area (Å²) in [6, 6.07) is 28.0. The van der Waals surface area contributed by atoms with Gasteiger partial charge in [0.05, 0.1) is 10.6 Å². The molecule has 2 heterocycles. The molecule has 1 aliphatic heterocycles. The van der Waals surface area contributed by atoms with E-state index in [1.807, 2.05) is 102 Å². The molecule has 0 radical (unpaired) electrons. The maximum Gasteiger partial charge on any atom is 0.266 e. The molecular formula is C34H35N3O2S2. The fourth-order valence-corrected chi connectivity index (χ4v) is 6.09. The second-order valence-electron chi connectivity index (χ2n) is 10.1. The van der Waals surface area contributed by atoms with Crippen LogP contribution in [0, 0.1) is 0 Å². The Morgan fingerprint density at radius 1 is 0.902 bits per heavy atom. The molecule has 5 rings (SSSR count). The van der Waals surface area contributed by atoms with Gasteiger partial charge in [-0.25, -0.2) is 4.68 Å². The maximum atomic E-state index is 13.4. The van der Waals surface area contributed by atoms with Crippen LogP contribution in [0.1, 0.15) is 56.6 Å². The summed E-state index contributed by atoms with van der Waals surface area (Å²) in [7, 11) is 0.